The molecule has 0 unspecified atom stereocenters. The Morgan fingerprint density at radius 1 is 1.19 bits per heavy atom. The van der Waals surface area contributed by atoms with Gasteiger partial charge in [0.25, 0.3) is 11.6 Å². The number of thioether (sulfide) groups is 1. The maximum atomic E-state index is 13.0. The van der Waals surface area contributed by atoms with Crippen molar-refractivity contribution in [2.45, 2.75) is 11.4 Å². The van der Waals surface area contributed by atoms with E-state index in [0.717, 1.165) is 6.07 Å². The van der Waals surface area contributed by atoms with Crippen LogP contribution in [0, 0.1) is 10.1 Å². The van der Waals surface area contributed by atoms with Gasteiger partial charge >= 0.3 is 0 Å². The molecular weight excluding hydrogens is 380 g/mol. The van der Waals surface area contributed by atoms with Crippen molar-refractivity contribution in [3.05, 3.63) is 74.8 Å². The van der Waals surface area contributed by atoms with Crippen molar-refractivity contribution in [3.63, 3.8) is 0 Å². The number of hydrogen-bond donors (Lipinski definition) is 0. The van der Waals surface area contributed by atoms with Crippen LogP contribution in [-0.2, 0) is 4.79 Å². The van der Waals surface area contributed by atoms with E-state index in [1.807, 2.05) is 0 Å². The van der Waals surface area contributed by atoms with E-state index in [-0.39, 0.29) is 17.0 Å². The summed E-state index contributed by atoms with van der Waals surface area (Å²) in [4.78, 5) is 36.0. The van der Waals surface area contributed by atoms with Crippen LogP contribution in [0.15, 0.2) is 48.5 Å². The number of carbonyl (C=O) groups excluding carboxylic acids is 2. The Balaban J connectivity index is 2.03. The average molecular weight is 392 g/mol. The summed E-state index contributed by atoms with van der Waals surface area (Å²) >= 11 is 7.46. The first-order valence-electron chi connectivity index (χ1n) is 7.54. The third-order valence-electron chi connectivity index (χ3n) is 3.98. The molecule has 1 fully saturated rings. The minimum absolute atomic E-state index is 0.0324. The Labute approximate surface area is 157 Å². The minimum atomic E-state index is -1.38. The Kier molecular flexibility index (Phi) is 5.15. The first kappa shape index (κ1) is 18.2. The maximum absolute atomic E-state index is 13.0. The largest absolute Gasteiger partial charge is 0.548 e. The van der Waals surface area contributed by atoms with Crippen LogP contribution in [0.5, 0.6) is 0 Å². The van der Waals surface area contributed by atoms with Crippen LogP contribution in [0.25, 0.3) is 0 Å². The molecule has 7 nitrogen and oxygen atoms in total. The lowest BCUT2D eigenvalue weighted by atomic mass is 10.1. The van der Waals surface area contributed by atoms with E-state index in [9.17, 15) is 24.8 Å². The smallest absolute Gasteiger partial charge is 0.270 e. The van der Waals surface area contributed by atoms with Crippen LogP contribution in [0.3, 0.4) is 0 Å². The summed E-state index contributed by atoms with van der Waals surface area (Å²) in [6.45, 7) is 0. The Morgan fingerprint density at radius 2 is 1.92 bits per heavy atom. The third kappa shape index (κ3) is 3.38. The summed E-state index contributed by atoms with van der Waals surface area (Å²) in [6.07, 6.45) is 0. The van der Waals surface area contributed by atoms with Crippen molar-refractivity contribution in [2.24, 2.45) is 0 Å². The highest BCUT2D eigenvalue weighted by Gasteiger charge is 2.40. The van der Waals surface area contributed by atoms with E-state index in [0.29, 0.717) is 10.6 Å². The quantitative estimate of drug-likeness (QED) is 0.585. The van der Waals surface area contributed by atoms with Gasteiger partial charge in [0.05, 0.1) is 16.9 Å². The number of amides is 1. The first-order chi connectivity index (χ1) is 12.4. The highest BCUT2D eigenvalue weighted by molar-refractivity contribution is 7.99. The molecule has 0 radical (unpaired) electrons. The number of nitrogens with zero attached hydrogens (tertiary/aromatic N) is 2. The molecule has 9 heteroatoms. The predicted octanol–water partition coefficient (Wildman–Crippen LogP) is 2.25. The van der Waals surface area contributed by atoms with E-state index in [1.165, 1.54) is 34.9 Å². The first-order valence-corrected chi connectivity index (χ1v) is 8.97. The summed E-state index contributed by atoms with van der Waals surface area (Å²) < 4.78 is 0. The predicted molar refractivity (Wildman–Crippen MR) is 94.7 cm³/mol. The molecule has 0 saturated carbocycles. The second kappa shape index (κ2) is 7.35. The van der Waals surface area contributed by atoms with Crippen molar-refractivity contribution in [2.75, 3.05) is 5.75 Å². The second-order valence-corrected chi connectivity index (χ2v) is 7.08. The number of halogens is 1. The zero-order valence-corrected chi connectivity index (χ0v) is 14.8. The summed E-state index contributed by atoms with van der Waals surface area (Å²) in [7, 11) is 0. The molecule has 26 heavy (non-hydrogen) atoms. The number of nitro groups is 1. The molecule has 1 amide bonds. The maximum Gasteiger partial charge on any atom is 0.270 e. The van der Waals surface area contributed by atoms with Gasteiger partial charge in [-0.15, -0.1) is 11.8 Å². The fourth-order valence-corrected chi connectivity index (χ4v) is 4.51. The van der Waals surface area contributed by atoms with Crippen molar-refractivity contribution < 1.29 is 19.6 Å². The molecule has 1 aliphatic heterocycles. The van der Waals surface area contributed by atoms with Gasteiger partial charge < -0.3 is 14.8 Å². The zero-order valence-electron chi connectivity index (χ0n) is 13.2. The number of nitro benzene ring substituents is 1. The molecule has 1 saturated heterocycles. The van der Waals surface area contributed by atoms with Gasteiger partial charge in [-0.2, -0.15) is 0 Å². The van der Waals surface area contributed by atoms with Gasteiger partial charge in [-0.1, -0.05) is 35.9 Å². The van der Waals surface area contributed by atoms with E-state index in [4.69, 9.17) is 11.6 Å². The van der Waals surface area contributed by atoms with Gasteiger partial charge in [0, 0.05) is 34.0 Å². The second-order valence-electron chi connectivity index (χ2n) is 5.56. The van der Waals surface area contributed by atoms with Crippen LogP contribution >= 0.6 is 23.4 Å². The standard InChI is InChI=1S/C17H13ClN2O5S/c18-13-7-2-1-6-12(13)16-19(14(9-26-16)17(22)23)15(21)10-4-3-5-11(8-10)20(24)25/h1-8,14,16H,9H2,(H,22,23)/p-1/t14-,16-/m0/s1. The summed E-state index contributed by atoms with van der Waals surface area (Å²) in [5, 5.41) is 22.3. The van der Waals surface area contributed by atoms with Gasteiger partial charge in [-0.3, -0.25) is 14.9 Å². The zero-order chi connectivity index (χ0) is 18.8. The van der Waals surface area contributed by atoms with Gasteiger partial charge in [0.1, 0.15) is 5.37 Å². The average Bonchev–Trinajstić information content (AvgIpc) is 3.06. The Bertz CT molecular complexity index is 891. The normalized spacial score (nSPS) is 19.3. The molecule has 2 aromatic carbocycles. The highest BCUT2D eigenvalue weighted by atomic mass is 35.5. The molecule has 2 atom stereocenters. The number of carbonyl (C=O) groups is 2. The lowest BCUT2D eigenvalue weighted by Crippen LogP contribution is -2.49. The molecule has 2 aromatic rings. The fourth-order valence-electron chi connectivity index (χ4n) is 2.75. The number of hydrogen-bond acceptors (Lipinski definition) is 6. The summed E-state index contributed by atoms with van der Waals surface area (Å²) in [5.74, 6) is -1.87. The van der Waals surface area contributed by atoms with Crippen molar-refractivity contribution in [1.29, 1.82) is 0 Å². The SMILES string of the molecule is O=C([O-])[C@@H]1CS[C@@H](c2ccccc2Cl)N1C(=O)c1cccc([N+](=O)[O-])c1. The van der Waals surface area contributed by atoms with Gasteiger partial charge in [-0.05, 0) is 12.1 Å². The molecule has 3 rings (SSSR count). The molecule has 0 N–H and O–H groups in total. The number of aliphatic carboxylic acids is 1. The number of non-ortho nitro benzene ring substituents is 1. The monoisotopic (exact) mass is 391 g/mol. The lowest BCUT2D eigenvalue weighted by Gasteiger charge is -2.30. The Morgan fingerprint density at radius 3 is 2.58 bits per heavy atom. The molecular formula is C17H12ClN2O5S-. The van der Waals surface area contributed by atoms with Crippen LogP contribution in [0.1, 0.15) is 21.3 Å². The molecule has 0 bridgehead atoms. The fraction of sp³-hybridized carbons (Fsp3) is 0.176. The molecule has 0 spiro atoms. The van der Waals surface area contributed by atoms with Crippen molar-refractivity contribution in [3.8, 4) is 0 Å². The number of benzene rings is 2. The van der Waals surface area contributed by atoms with E-state index in [1.54, 1.807) is 24.3 Å². The Hall–Kier alpha value is -2.58. The van der Waals surface area contributed by atoms with Crippen LogP contribution < -0.4 is 5.11 Å². The van der Waals surface area contributed by atoms with E-state index >= 15 is 0 Å². The van der Waals surface area contributed by atoms with Crippen LogP contribution in [-0.4, -0.2) is 33.5 Å². The molecule has 0 aromatic heterocycles. The van der Waals surface area contributed by atoms with Crippen LogP contribution in [0.2, 0.25) is 5.02 Å². The number of carboxylic acids is 1. The molecule has 1 heterocycles. The van der Waals surface area contributed by atoms with Gasteiger partial charge in [-0.25, -0.2) is 0 Å². The molecule has 0 aliphatic carbocycles. The third-order valence-corrected chi connectivity index (χ3v) is 5.63. The van der Waals surface area contributed by atoms with Crippen molar-refractivity contribution >= 4 is 40.9 Å². The topological polar surface area (TPSA) is 104 Å². The van der Waals surface area contributed by atoms with E-state index in [2.05, 4.69) is 0 Å². The van der Waals surface area contributed by atoms with E-state index < -0.39 is 28.2 Å². The van der Waals surface area contributed by atoms with Crippen LogP contribution in [0.4, 0.5) is 5.69 Å². The number of carboxylic acid groups (broad SMARTS) is 1. The van der Waals surface area contributed by atoms with Gasteiger partial charge in [0.15, 0.2) is 0 Å². The molecule has 1 aliphatic rings. The summed E-state index contributed by atoms with van der Waals surface area (Å²) in [5.41, 5.74) is 0.383. The minimum Gasteiger partial charge on any atom is -0.548 e. The lowest BCUT2D eigenvalue weighted by molar-refractivity contribution is -0.384. The van der Waals surface area contributed by atoms with Crippen molar-refractivity contribution in [1.82, 2.24) is 4.90 Å². The van der Waals surface area contributed by atoms with Gasteiger partial charge in [0.2, 0.25) is 0 Å². The molecule has 134 valence electrons. The number of rotatable bonds is 4. The summed E-state index contributed by atoms with van der Waals surface area (Å²) in [6, 6.07) is 10.9. The highest BCUT2D eigenvalue weighted by Crippen LogP contribution is 2.44.